The van der Waals surface area contributed by atoms with Gasteiger partial charge in [0.15, 0.2) is 17.5 Å². The minimum absolute atomic E-state index is 0.147. The van der Waals surface area contributed by atoms with E-state index in [1.807, 2.05) is 13.8 Å². The van der Waals surface area contributed by atoms with Crippen LogP contribution in [0.3, 0.4) is 0 Å². The molecule has 2 N–H and O–H groups in total. The standard InChI is InChI=1S/C8H10F2N2S/c1-4(2)13-8-6(10)3-5(9)7(11)12-8/h3-4H,1-2H3,(H2,11,12). The van der Waals surface area contributed by atoms with Crippen molar-refractivity contribution < 1.29 is 8.78 Å². The van der Waals surface area contributed by atoms with E-state index in [0.717, 1.165) is 6.07 Å². The molecular weight excluding hydrogens is 194 g/mol. The molecule has 0 aliphatic heterocycles. The normalized spacial score (nSPS) is 10.8. The quantitative estimate of drug-likeness (QED) is 0.752. The van der Waals surface area contributed by atoms with Crippen molar-refractivity contribution >= 4 is 17.6 Å². The molecule has 0 aliphatic rings. The molecule has 72 valence electrons. The highest BCUT2D eigenvalue weighted by atomic mass is 32.2. The molecule has 0 radical (unpaired) electrons. The molecule has 0 amide bonds. The van der Waals surface area contributed by atoms with Gasteiger partial charge in [0, 0.05) is 11.3 Å². The van der Waals surface area contributed by atoms with Crippen LogP contribution in [0, 0.1) is 11.6 Å². The minimum Gasteiger partial charge on any atom is -0.381 e. The fourth-order valence-corrected chi connectivity index (χ4v) is 1.54. The van der Waals surface area contributed by atoms with E-state index in [1.54, 1.807) is 0 Å². The molecule has 2 nitrogen and oxygen atoms in total. The monoisotopic (exact) mass is 204 g/mol. The summed E-state index contributed by atoms with van der Waals surface area (Å²) in [5.41, 5.74) is 5.20. The lowest BCUT2D eigenvalue weighted by Gasteiger charge is -2.05. The van der Waals surface area contributed by atoms with Crippen molar-refractivity contribution in [2.45, 2.75) is 24.1 Å². The summed E-state index contributed by atoms with van der Waals surface area (Å²) in [6, 6.07) is 0.757. The number of nitrogens with zero attached hydrogens (tertiary/aromatic N) is 1. The zero-order valence-corrected chi connectivity index (χ0v) is 8.16. The van der Waals surface area contributed by atoms with Crippen molar-refractivity contribution in [3.05, 3.63) is 17.7 Å². The van der Waals surface area contributed by atoms with Crippen LogP contribution in [0.4, 0.5) is 14.6 Å². The van der Waals surface area contributed by atoms with Crippen LogP contribution in [0.2, 0.25) is 0 Å². The summed E-state index contributed by atoms with van der Waals surface area (Å²) in [6.07, 6.45) is 0. The zero-order chi connectivity index (χ0) is 10.0. The van der Waals surface area contributed by atoms with Crippen molar-refractivity contribution in [2.24, 2.45) is 0 Å². The Morgan fingerprint density at radius 1 is 1.38 bits per heavy atom. The molecule has 1 aromatic heterocycles. The Bertz CT molecular complexity index is 315. The fraction of sp³-hybridized carbons (Fsp3) is 0.375. The molecule has 1 rings (SSSR count). The smallest absolute Gasteiger partial charge is 0.168 e. The van der Waals surface area contributed by atoms with Crippen LogP contribution < -0.4 is 5.73 Å². The highest BCUT2D eigenvalue weighted by Gasteiger charge is 2.11. The van der Waals surface area contributed by atoms with Crippen LogP contribution in [-0.2, 0) is 0 Å². The summed E-state index contributed by atoms with van der Waals surface area (Å²) in [7, 11) is 0. The number of thioether (sulfide) groups is 1. The third-order valence-electron chi connectivity index (χ3n) is 1.27. The first-order valence-electron chi connectivity index (χ1n) is 3.79. The third kappa shape index (κ3) is 2.55. The molecule has 0 bridgehead atoms. The van der Waals surface area contributed by atoms with Crippen LogP contribution in [0.1, 0.15) is 13.8 Å². The highest BCUT2D eigenvalue weighted by molar-refractivity contribution is 7.99. The maximum atomic E-state index is 13.0. The lowest BCUT2D eigenvalue weighted by molar-refractivity contribution is 0.552. The molecular formula is C8H10F2N2S. The number of halogens is 2. The molecule has 5 heteroatoms. The molecule has 0 fully saturated rings. The average molecular weight is 204 g/mol. The van der Waals surface area contributed by atoms with Gasteiger partial charge in [0.1, 0.15) is 5.03 Å². The maximum absolute atomic E-state index is 13.0. The molecule has 0 aliphatic carbocycles. The van der Waals surface area contributed by atoms with Gasteiger partial charge in [-0.3, -0.25) is 0 Å². The van der Waals surface area contributed by atoms with Gasteiger partial charge in [0.25, 0.3) is 0 Å². The maximum Gasteiger partial charge on any atom is 0.168 e. The van der Waals surface area contributed by atoms with Crippen molar-refractivity contribution in [2.75, 3.05) is 5.73 Å². The lowest BCUT2D eigenvalue weighted by Crippen LogP contribution is -2.00. The highest BCUT2D eigenvalue weighted by Crippen LogP contribution is 2.25. The first-order valence-corrected chi connectivity index (χ1v) is 4.67. The van der Waals surface area contributed by atoms with E-state index in [1.165, 1.54) is 11.8 Å². The van der Waals surface area contributed by atoms with Gasteiger partial charge >= 0.3 is 0 Å². The topological polar surface area (TPSA) is 38.9 Å². The zero-order valence-electron chi connectivity index (χ0n) is 7.34. The first kappa shape index (κ1) is 10.2. The molecule has 0 aromatic carbocycles. The van der Waals surface area contributed by atoms with E-state index < -0.39 is 11.6 Å². The Morgan fingerprint density at radius 2 is 2.00 bits per heavy atom. The summed E-state index contributed by atoms with van der Waals surface area (Å²) < 4.78 is 25.7. The Labute approximate surface area is 79.5 Å². The molecule has 0 saturated heterocycles. The SMILES string of the molecule is CC(C)Sc1nc(N)c(F)cc1F. The van der Waals surface area contributed by atoms with E-state index in [2.05, 4.69) is 4.98 Å². The van der Waals surface area contributed by atoms with Gasteiger partial charge in [-0.1, -0.05) is 13.8 Å². The number of nitrogen functional groups attached to an aromatic ring is 1. The van der Waals surface area contributed by atoms with Gasteiger partial charge in [-0.2, -0.15) is 0 Å². The first-order chi connectivity index (χ1) is 6.00. The van der Waals surface area contributed by atoms with Crippen molar-refractivity contribution in [1.82, 2.24) is 4.98 Å². The second-order valence-electron chi connectivity index (χ2n) is 2.81. The largest absolute Gasteiger partial charge is 0.381 e. The molecule has 1 heterocycles. The van der Waals surface area contributed by atoms with Gasteiger partial charge in [0.2, 0.25) is 0 Å². The Balaban J connectivity index is 3.01. The average Bonchev–Trinajstić information content (AvgIpc) is 1.99. The number of hydrogen-bond donors (Lipinski definition) is 1. The number of rotatable bonds is 2. The van der Waals surface area contributed by atoms with E-state index in [-0.39, 0.29) is 16.1 Å². The molecule has 0 atom stereocenters. The predicted molar refractivity (Wildman–Crippen MR) is 49.6 cm³/mol. The molecule has 13 heavy (non-hydrogen) atoms. The van der Waals surface area contributed by atoms with Gasteiger partial charge in [-0.15, -0.1) is 11.8 Å². The van der Waals surface area contributed by atoms with Crippen molar-refractivity contribution in [3.8, 4) is 0 Å². The third-order valence-corrected chi connectivity index (χ3v) is 2.25. The van der Waals surface area contributed by atoms with Gasteiger partial charge < -0.3 is 5.73 Å². The summed E-state index contributed by atoms with van der Waals surface area (Å²) in [6.45, 7) is 3.79. The minimum atomic E-state index is -0.814. The number of hydrogen-bond acceptors (Lipinski definition) is 3. The van der Waals surface area contributed by atoms with Crippen LogP contribution in [0.15, 0.2) is 11.1 Å². The molecule has 0 unspecified atom stereocenters. The van der Waals surface area contributed by atoms with Gasteiger partial charge in [-0.05, 0) is 0 Å². The summed E-state index contributed by atoms with van der Waals surface area (Å²) in [5, 5.41) is 0.334. The van der Waals surface area contributed by atoms with Crippen LogP contribution >= 0.6 is 11.8 Å². The predicted octanol–water partition coefficient (Wildman–Crippen LogP) is 2.44. The number of aromatic nitrogens is 1. The van der Waals surface area contributed by atoms with E-state index in [0.29, 0.717) is 0 Å². The number of anilines is 1. The fourth-order valence-electron chi connectivity index (χ4n) is 0.769. The van der Waals surface area contributed by atoms with Crippen LogP contribution in [0.25, 0.3) is 0 Å². The lowest BCUT2D eigenvalue weighted by atomic mass is 10.4. The second kappa shape index (κ2) is 3.91. The summed E-state index contributed by atoms with van der Waals surface area (Å²) in [4.78, 5) is 3.60. The summed E-state index contributed by atoms with van der Waals surface area (Å²) in [5.74, 6) is -1.74. The van der Waals surface area contributed by atoms with Gasteiger partial charge in [-0.25, -0.2) is 13.8 Å². The second-order valence-corrected chi connectivity index (χ2v) is 4.37. The number of nitrogens with two attached hydrogens (primary N) is 1. The Morgan fingerprint density at radius 3 is 2.54 bits per heavy atom. The Kier molecular flexibility index (Phi) is 3.08. The molecule has 0 saturated carbocycles. The molecule has 0 spiro atoms. The van der Waals surface area contributed by atoms with Crippen molar-refractivity contribution in [3.63, 3.8) is 0 Å². The molecule has 1 aromatic rings. The van der Waals surface area contributed by atoms with Crippen molar-refractivity contribution in [1.29, 1.82) is 0 Å². The van der Waals surface area contributed by atoms with Crippen LogP contribution in [0.5, 0.6) is 0 Å². The van der Waals surface area contributed by atoms with E-state index >= 15 is 0 Å². The Hall–Kier alpha value is -0.840. The van der Waals surface area contributed by atoms with E-state index in [4.69, 9.17) is 5.73 Å². The number of pyridine rings is 1. The van der Waals surface area contributed by atoms with E-state index in [9.17, 15) is 8.78 Å². The summed E-state index contributed by atoms with van der Waals surface area (Å²) >= 11 is 1.22. The van der Waals surface area contributed by atoms with Crippen LogP contribution in [-0.4, -0.2) is 10.2 Å². The van der Waals surface area contributed by atoms with Gasteiger partial charge in [0.05, 0.1) is 0 Å².